The Kier molecular flexibility index (Phi) is 3.89. The first-order chi connectivity index (χ1) is 11.5. The highest BCUT2D eigenvalue weighted by Gasteiger charge is 2.36. The first-order valence-corrected chi connectivity index (χ1v) is 8.78. The Morgan fingerprint density at radius 1 is 1.29 bits per heavy atom. The molecule has 0 amide bonds. The molecule has 3 aromatic rings. The van der Waals surface area contributed by atoms with Crippen LogP contribution in [0.1, 0.15) is 28.8 Å². The van der Waals surface area contributed by atoms with Gasteiger partial charge in [0.25, 0.3) is 5.89 Å². The van der Waals surface area contributed by atoms with Gasteiger partial charge in [0.15, 0.2) is 0 Å². The number of hydrogen-bond acceptors (Lipinski definition) is 7. The number of thiophene rings is 1. The van der Waals surface area contributed by atoms with Crippen molar-refractivity contribution in [3.63, 3.8) is 0 Å². The summed E-state index contributed by atoms with van der Waals surface area (Å²) in [5, 5.41) is 5.86. The van der Waals surface area contributed by atoms with Crippen LogP contribution in [0.3, 0.4) is 0 Å². The van der Waals surface area contributed by atoms with Crippen LogP contribution in [0.15, 0.2) is 22.2 Å². The lowest BCUT2D eigenvalue weighted by Gasteiger charge is -2.04. The van der Waals surface area contributed by atoms with E-state index in [0.717, 1.165) is 17.8 Å². The van der Waals surface area contributed by atoms with Crippen molar-refractivity contribution in [2.45, 2.75) is 25.1 Å². The fourth-order valence-corrected chi connectivity index (χ4v) is 4.13. The van der Waals surface area contributed by atoms with E-state index in [1.54, 1.807) is 6.20 Å². The quantitative estimate of drug-likeness (QED) is 0.660. The van der Waals surface area contributed by atoms with Crippen molar-refractivity contribution in [1.82, 2.24) is 15.1 Å². The van der Waals surface area contributed by atoms with Crippen molar-refractivity contribution in [3.05, 3.63) is 27.5 Å². The molecule has 0 aliphatic carbocycles. The molecule has 3 aromatic heterocycles. The molecule has 126 valence electrons. The third-order valence-corrected chi connectivity index (χ3v) is 5.57. The number of halogens is 3. The summed E-state index contributed by atoms with van der Waals surface area (Å²) in [5.74, 6) is 0.0803. The lowest BCUT2D eigenvalue weighted by Crippen LogP contribution is -2.03. The molecule has 0 bridgehead atoms. The van der Waals surface area contributed by atoms with Crippen molar-refractivity contribution in [3.8, 4) is 22.2 Å². The summed E-state index contributed by atoms with van der Waals surface area (Å²) in [4.78, 5) is 8.26. The standard InChI is InChI=1S/C14H10F3N3O2S2/c15-14(16,17)10-7(3-5-23-10)11-19-12(22-20-11)9-6-18-13(24-9)8-2-1-4-21-8/h3,5-6,8H,1-2,4H2. The van der Waals surface area contributed by atoms with Crippen molar-refractivity contribution < 1.29 is 22.4 Å². The molecular weight excluding hydrogens is 363 g/mol. The molecule has 0 spiro atoms. The van der Waals surface area contributed by atoms with E-state index in [1.165, 1.54) is 22.8 Å². The van der Waals surface area contributed by atoms with Gasteiger partial charge in [0.05, 0.1) is 6.20 Å². The van der Waals surface area contributed by atoms with Gasteiger partial charge in [0.1, 0.15) is 20.9 Å². The minimum Gasteiger partial charge on any atom is -0.371 e. The second kappa shape index (κ2) is 5.94. The van der Waals surface area contributed by atoms with Crippen LogP contribution in [0, 0.1) is 0 Å². The van der Waals surface area contributed by atoms with Gasteiger partial charge in [0.2, 0.25) is 5.82 Å². The van der Waals surface area contributed by atoms with E-state index in [-0.39, 0.29) is 23.4 Å². The van der Waals surface area contributed by atoms with Crippen molar-refractivity contribution >= 4 is 22.7 Å². The summed E-state index contributed by atoms with van der Waals surface area (Å²) in [7, 11) is 0. The predicted molar refractivity (Wildman–Crippen MR) is 81.6 cm³/mol. The minimum absolute atomic E-state index is 0.0279. The largest absolute Gasteiger partial charge is 0.426 e. The lowest BCUT2D eigenvalue weighted by atomic mass is 10.2. The van der Waals surface area contributed by atoms with Crippen LogP contribution >= 0.6 is 22.7 Å². The average Bonchev–Trinajstić information content (AvgIpc) is 3.31. The number of rotatable bonds is 3. The number of thiazole rings is 1. The van der Waals surface area contributed by atoms with Crippen LogP contribution in [-0.2, 0) is 10.9 Å². The molecule has 10 heteroatoms. The molecule has 5 nitrogen and oxygen atoms in total. The fraction of sp³-hybridized carbons (Fsp3) is 0.357. The van der Waals surface area contributed by atoms with Crippen LogP contribution in [0.5, 0.6) is 0 Å². The zero-order chi connectivity index (χ0) is 16.7. The number of ether oxygens (including phenoxy) is 1. The molecule has 1 atom stereocenters. The van der Waals surface area contributed by atoms with E-state index in [4.69, 9.17) is 9.26 Å². The van der Waals surface area contributed by atoms with Gasteiger partial charge in [-0.2, -0.15) is 18.2 Å². The molecular formula is C14H10F3N3O2S2. The molecule has 1 aliphatic heterocycles. The SMILES string of the molecule is FC(F)(F)c1sccc1-c1noc(-c2cnc(C3CCCO3)s2)n1. The normalized spacial score (nSPS) is 18.4. The van der Waals surface area contributed by atoms with Gasteiger partial charge in [-0.15, -0.1) is 22.7 Å². The van der Waals surface area contributed by atoms with E-state index in [2.05, 4.69) is 15.1 Å². The van der Waals surface area contributed by atoms with Crippen molar-refractivity contribution in [2.24, 2.45) is 0 Å². The molecule has 0 radical (unpaired) electrons. The highest BCUT2D eigenvalue weighted by Crippen LogP contribution is 2.41. The zero-order valence-corrected chi connectivity index (χ0v) is 13.7. The van der Waals surface area contributed by atoms with E-state index >= 15 is 0 Å². The summed E-state index contributed by atoms with van der Waals surface area (Å²) in [6.07, 6.45) is -0.993. The predicted octanol–water partition coefficient (Wildman–Crippen LogP) is 4.79. The van der Waals surface area contributed by atoms with Crippen molar-refractivity contribution in [1.29, 1.82) is 0 Å². The van der Waals surface area contributed by atoms with Gasteiger partial charge in [-0.3, -0.25) is 0 Å². The summed E-state index contributed by atoms with van der Waals surface area (Å²) in [6, 6.07) is 1.34. The maximum atomic E-state index is 13.0. The Hall–Kier alpha value is -1.78. The zero-order valence-electron chi connectivity index (χ0n) is 12.0. The third-order valence-electron chi connectivity index (χ3n) is 3.53. The lowest BCUT2D eigenvalue weighted by molar-refractivity contribution is -0.133. The monoisotopic (exact) mass is 373 g/mol. The summed E-state index contributed by atoms with van der Waals surface area (Å²) in [6.45, 7) is 0.711. The molecule has 0 aromatic carbocycles. The summed E-state index contributed by atoms with van der Waals surface area (Å²) < 4.78 is 49.6. The number of aromatic nitrogens is 3. The van der Waals surface area contributed by atoms with Gasteiger partial charge in [0, 0.05) is 12.2 Å². The van der Waals surface area contributed by atoms with Crippen LogP contribution in [-0.4, -0.2) is 21.7 Å². The molecule has 4 heterocycles. The molecule has 1 unspecified atom stereocenters. The highest BCUT2D eigenvalue weighted by molar-refractivity contribution is 7.15. The molecule has 1 saturated heterocycles. The van der Waals surface area contributed by atoms with Crippen LogP contribution in [0.4, 0.5) is 13.2 Å². The number of hydrogen-bond donors (Lipinski definition) is 0. The number of nitrogens with zero attached hydrogens (tertiary/aromatic N) is 3. The van der Waals surface area contributed by atoms with Crippen LogP contribution in [0.2, 0.25) is 0 Å². The summed E-state index contributed by atoms with van der Waals surface area (Å²) >= 11 is 1.96. The molecule has 24 heavy (non-hydrogen) atoms. The molecule has 0 N–H and O–H groups in total. The second-order valence-corrected chi connectivity index (χ2v) is 7.13. The van der Waals surface area contributed by atoms with Crippen molar-refractivity contribution in [2.75, 3.05) is 6.61 Å². The van der Waals surface area contributed by atoms with Crippen LogP contribution in [0.25, 0.3) is 22.2 Å². The van der Waals surface area contributed by atoms with Gasteiger partial charge in [-0.25, -0.2) is 4.98 Å². The van der Waals surface area contributed by atoms with Gasteiger partial charge < -0.3 is 9.26 Å². The topological polar surface area (TPSA) is 61.0 Å². The Bertz CT molecular complexity index is 849. The Labute approximate surface area is 142 Å². The minimum atomic E-state index is -4.44. The second-order valence-electron chi connectivity index (χ2n) is 5.15. The Morgan fingerprint density at radius 2 is 2.17 bits per heavy atom. The molecule has 4 rings (SSSR count). The molecule has 1 fully saturated rings. The highest BCUT2D eigenvalue weighted by atomic mass is 32.1. The fourth-order valence-electron chi connectivity index (χ4n) is 2.45. The van der Waals surface area contributed by atoms with Gasteiger partial charge in [-0.05, 0) is 24.3 Å². The summed E-state index contributed by atoms with van der Waals surface area (Å²) in [5.41, 5.74) is -0.0774. The maximum Gasteiger partial charge on any atom is 0.426 e. The average molecular weight is 373 g/mol. The van der Waals surface area contributed by atoms with Crippen LogP contribution < -0.4 is 0 Å². The molecule has 1 aliphatic rings. The third kappa shape index (κ3) is 2.85. The maximum absolute atomic E-state index is 13.0. The van der Waals surface area contributed by atoms with E-state index < -0.39 is 11.1 Å². The Balaban J connectivity index is 1.63. The first kappa shape index (κ1) is 15.7. The molecule has 0 saturated carbocycles. The number of alkyl halides is 3. The Morgan fingerprint density at radius 3 is 2.92 bits per heavy atom. The van der Waals surface area contributed by atoms with E-state index in [0.29, 0.717) is 22.8 Å². The van der Waals surface area contributed by atoms with Gasteiger partial charge >= 0.3 is 6.18 Å². The smallest absolute Gasteiger partial charge is 0.371 e. The van der Waals surface area contributed by atoms with E-state index in [9.17, 15) is 13.2 Å². The van der Waals surface area contributed by atoms with Gasteiger partial charge in [-0.1, -0.05) is 5.16 Å². The van der Waals surface area contributed by atoms with E-state index in [1.807, 2.05) is 0 Å². The first-order valence-electron chi connectivity index (χ1n) is 7.09.